The smallest absolute Gasteiger partial charge is 0.408 e. The molecule has 2 aliphatic rings. The van der Waals surface area contributed by atoms with Crippen LogP contribution in [0.2, 0.25) is 0 Å². The highest BCUT2D eigenvalue weighted by atomic mass is 16.5. The second-order valence-corrected chi connectivity index (χ2v) is 9.02. The molecule has 0 spiro atoms. The number of ether oxygens (including phenoxy) is 1. The lowest BCUT2D eigenvalue weighted by molar-refractivity contribution is -0.0372. The Balaban J connectivity index is 1.46. The summed E-state index contributed by atoms with van der Waals surface area (Å²) in [6.07, 6.45) is -1.08. The molecule has 2 heterocycles. The summed E-state index contributed by atoms with van der Waals surface area (Å²) in [7, 11) is 0. The minimum absolute atomic E-state index is 0.0843. The number of rotatable bonds is 5. The topological polar surface area (TPSA) is 125 Å². The van der Waals surface area contributed by atoms with Crippen LogP contribution in [0.5, 0.6) is 0 Å². The van der Waals surface area contributed by atoms with E-state index in [1.54, 1.807) is 6.92 Å². The van der Waals surface area contributed by atoms with Crippen molar-refractivity contribution in [2.75, 3.05) is 6.54 Å². The summed E-state index contributed by atoms with van der Waals surface area (Å²) in [5.41, 5.74) is 3.27. The Hall–Kier alpha value is -3.69. The number of benzene rings is 2. The van der Waals surface area contributed by atoms with Gasteiger partial charge in [0, 0.05) is 18.2 Å². The fourth-order valence-corrected chi connectivity index (χ4v) is 5.16. The number of aliphatic hydroxyl groups excluding tert-OH is 1. The fraction of sp³-hybridized carbons (Fsp3) is 0.346. The molecule has 3 aromatic rings. The van der Waals surface area contributed by atoms with Crippen LogP contribution >= 0.6 is 0 Å². The summed E-state index contributed by atoms with van der Waals surface area (Å²) in [6.45, 7) is 1.72. The first kappa shape index (κ1) is 23.1. The molecule has 0 unspecified atom stereocenters. The number of nitrogens with one attached hydrogen (secondary N) is 1. The number of amides is 1. The minimum Gasteiger partial charge on any atom is -0.465 e. The zero-order chi connectivity index (χ0) is 24.7. The van der Waals surface area contributed by atoms with Crippen molar-refractivity contribution in [3.05, 3.63) is 103 Å². The third-order valence-corrected chi connectivity index (χ3v) is 6.95. The van der Waals surface area contributed by atoms with Gasteiger partial charge in [-0.1, -0.05) is 55.5 Å². The summed E-state index contributed by atoms with van der Waals surface area (Å²) in [4.78, 5) is 40.5. The third kappa shape index (κ3) is 4.17. The van der Waals surface area contributed by atoms with Gasteiger partial charge >= 0.3 is 11.8 Å². The van der Waals surface area contributed by atoms with E-state index < -0.39 is 41.8 Å². The number of fused-ring (bicyclic) bond motifs is 2. The van der Waals surface area contributed by atoms with E-state index in [2.05, 4.69) is 4.98 Å². The van der Waals surface area contributed by atoms with Crippen LogP contribution in [-0.2, 0) is 17.6 Å². The van der Waals surface area contributed by atoms with E-state index in [0.29, 0.717) is 12.0 Å². The average molecular weight is 478 g/mol. The molecular weight excluding hydrogens is 450 g/mol. The molecule has 9 nitrogen and oxygen atoms in total. The largest absolute Gasteiger partial charge is 0.465 e. The second kappa shape index (κ2) is 9.16. The molecule has 0 radical (unpaired) electrons. The number of aryl methyl sites for hydroxylation is 1. The minimum atomic E-state index is -1.13. The first-order valence-corrected chi connectivity index (χ1v) is 11.7. The van der Waals surface area contributed by atoms with Crippen LogP contribution in [0, 0.1) is 0 Å². The number of carbonyl (C=O) groups is 1. The number of hydrogen-bond donors (Lipinski definition) is 3. The Bertz CT molecular complexity index is 1330. The van der Waals surface area contributed by atoms with Gasteiger partial charge in [0.1, 0.15) is 12.3 Å². The van der Waals surface area contributed by atoms with E-state index >= 15 is 0 Å². The van der Waals surface area contributed by atoms with Crippen molar-refractivity contribution in [3.8, 4) is 0 Å². The maximum Gasteiger partial charge on any atom is 0.408 e. The summed E-state index contributed by atoms with van der Waals surface area (Å²) in [6, 6.07) is 15.0. The van der Waals surface area contributed by atoms with Crippen molar-refractivity contribution in [3.63, 3.8) is 0 Å². The lowest BCUT2D eigenvalue weighted by Gasteiger charge is -2.37. The molecule has 1 aliphatic carbocycles. The Morgan fingerprint density at radius 1 is 1.11 bits per heavy atom. The predicted octanol–water partition coefficient (Wildman–Crippen LogP) is 2.42. The number of hydrogen-bond acceptors (Lipinski definition) is 5. The van der Waals surface area contributed by atoms with Crippen LogP contribution in [0.1, 0.15) is 53.4 Å². The van der Waals surface area contributed by atoms with Crippen LogP contribution < -0.4 is 11.2 Å². The molecule has 35 heavy (non-hydrogen) atoms. The molecular formula is C26H27N3O6. The van der Waals surface area contributed by atoms with Gasteiger partial charge < -0.3 is 14.9 Å². The fourth-order valence-electron chi connectivity index (χ4n) is 5.16. The van der Waals surface area contributed by atoms with Gasteiger partial charge in [0.2, 0.25) is 0 Å². The van der Waals surface area contributed by atoms with Gasteiger partial charge in [-0.3, -0.25) is 19.2 Å². The van der Waals surface area contributed by atoms with Crippen molar-refractivity contribution in [2.45, 2.75) is 50.7 Å². The molecule has 2 aromatic carbocycles. The van der Waals surface area contributed by atoms with Gasteiger partial charge in [0.15, 0.2) is 0 Å². The van der Waals surface area contributed by atoms with Gasteiger partial charge in [0.05, 0.1) is 18.7 Å². The molecule has 1 aliphatic heterocycles. The molecule has 9 heteroatoms. The average Bonchev–Trinajstić information content (AvgIpc) is 3.21. The molecule has 0 bridgehead atoms. The Morgan fingerprint density at radius 3 is 2.34 bits per heavy atom. The zero-order valence-corrected chi connectivity index (χ0v) is 19.3. The molecule has 1 fully saturated rings. The van der Waals surface area contributed by atoms with E-state index in [1.165, 1.54) is 15.7 Å². The second-order valence-electron chi connectivity index (χ2n) is 9.02. The number of carboxylic acid groups (broad SMARTS) is 1. The lowest BCUT2D eigenvalue weighted by Crippen LogP contribution is -2.44. The molecule has 3 N–H and O–H groups in total. The van der Waals surface area contributed by atoms with Crippen molar-refractivity contribution >= 4 is 6.09 Å². The normalized spacial score (nSPS) is 21.4. The highest BCUT2D eigenvalue weighted by molar-refractivity contribution is 5.68. The van der Waals surface area contributed by atoms with Gasteiger partial charge in [0.25, 0.3) is 5.56 Å². The molecule has 3 atom stereocenters. The standard InChI is InChI=1S/C26H27N3O6/c1-2-15-13-28(25(32)27-24(15)31)22-12-20(30)21(35-22)14-29(26(33)34)23-18-9-5-3-7-16(18)11-17-8-4-6-10-19(17)23/h3-10,13,20-23,30H,2,11-12,14H2,1H3,(H,33,34)(H,27,31,32)/t20-,21+,22+/m0/s1. The Morgan fingerprint density at radius 2 is 1.74 bits per heavy atom. The number of aromatic amines is 1. The lowest BCUT2D eigenvalue weighted by atomic mass is 9.81. The monoisotopic (exact) mass is 477 g/mol. The SMILES string of the molecule is CCc1cn([C@H]2C[C@H](O)[C@@H](CN(C(=O)O)C3c4ccccc4Cc4ccccc43)O2)c(=O)[nH]c1=O. The Kier molecular flexibility index (Phi) is 6.04. The van der Waals surface area contributed by atoms with Crippen LogP contribution in [0.4, 0.5) is 4.79 Å². The van der Waals surface area contributed by atoms with Crippen LogP contribution in [0.15, 0.2) is 64.3 Å². The highest BCUT2D eigenvalue weighted by Crippen LogP contribution is 2.40. The zero-order valence-electron chi connectivity index (χ0n) is 19.3. The summed E-state index contributed by atoms with van der Waals surface area (Å²) >= 11 is 0. The van der Waals surface area contributed by atoms with E-state index in [0.717, 1.165) is 28.7 Å². The Labute approximate surface area is 201 Å². The van der Waals surface area contributed by atoms with E-state index in [1.807, 2.05) is 48.5 Å². The predicted molar refractivity (Wildman–Crippen MR) is 127 cm³/mol. The number of H-pyrrole nitrogens is 1. The van der Waals surface area contributed by atoms with E-state index in [4.69, 9.17) is 4.74 Å². The van der Waals surface area contributed by atoms with Gasteiger partial charge in [-0.2, -0.15) is 0 Å². The molecule has 5 rings (SSSR count). The molecule has 1 amide bonds. The molecule has 1 saturated heterocycles. The summed E-state index contributed by atoms with van der Waals surface area (Å²) in [5, 5.41) is 21.0. The first-order valence-electron chi connectivity index (χ1n) is 11.7. The van der Waals surface area contributed by atoms with Crippen molar-refractivity contribution in [2.24, 2.45) is 0 Å². The van der Waals surface area contributed by atoms with Crippen LogP contribution in [-0.4, -0.2) is 49.5 Å². The molecule has 182 valence electrons. The van der Waals surface area contributed by atoms with Gasteiger partial charge in [-0.15, -0.1) is 0 Å². The van der Waals surface area contributed by atoms with E-state index in [-0.39, 0.29) is 13.0 Å². The highest BCUT2D eigenvalue weighted by Gasteiger charge is 2.41. The number of aliphatic hydroxyl groups is 1. The van der Waals surface area contributed by atoms with E-state index in [9.17, 15) is 24.6 Å². The van der Waals surface area contributed by atoms with Crippen molar-refractivity contribution < 1.29 is 19.7 Å². The van der Waals surface area contributed by atoms with Crippen LogP contribution in [0.25, 0.3) is 0 Å². The quantitative estimate of drug-likeness (QED) is 0.518. The summed E-state index contributed by atoms with van der Waals surface area (Å²) in [5.74, 6) is 0. The first-order chi connectivity index (χ1) is 16.9. The van der Waals surface area contributed by atoms with Gasteiger partial charge in [-0.05, 0) is 35.1 Å². The summed E-state index contributed by atoms with van der Waals surface area (Å²) < 4.78 is 7.28. The van der Waals surface area contributed by atoms with Gasteiger partial charge in [-0.25, -0.2) is 9.59 Å². The third-order valence-electron chi connectivity index (χ3n) is 6.95. The van der Waals surface area contributed by atoms with Crippen molar-refractivity contribution in [1.82, 2.24) is 14.5 Å². The van der Waals surface area contributed by atoms with Crippen molar-refractivity contribution in [1.29, 1.82) is 0 Å². The molecule has 0 saturated carbocycles. The molecule has 1 aromatic heterocycles. The maximum atomic E-state index is 12.5. The van der Waals surface area contributed by atoms with Crippen LogP contribution in [0.3, 0.4) is 0 Å². The number of aromatic nitrogens is 2. The maximum absolute atomic E-state index is 12.5. The number of nitrogens with zero attached hydrogens (tertiary/aromatic N) is 2.